The standard InChI is InChI=1S/C17H20N4O3S/c1-11-9-14(3-4-15(11)21(23)24)20-7-5-13(6-8-20)19-17(22)16-12(2)18-10-25-16/h3-4,9-10,13H,5-8H2,1-2H3,(H,19,22). The first-order valence-electron chi connectivity index (χ1n) is 8.16. The second kappa shape index (κ2) is 7.18. The first kappa shape index (κ1) is 17.3. The van der Waals surface area contributed by atoms with Gasteiger partial charge >= 0.3 is 0 Å². The highest BCUT2D eigenvalue weighted by atomic mass is 32.1. The van der Waals surface area contributed by atoms with Gasteiger partial charge in [-0.05, 0) is 38.8 Å². The Bertz CT molecular complexity index is 797. The lowest BCUT2D eigenvalue weighted by atomic mass is 10.0. The van der Waals surface area contributed by atoms with Crippen LogP contribution in [0.2, 0.25) is 0 Å². The van der Waals surface area contributed by atoms with E-state index in [-0.39, 0.29) is 22.6 Å². The van der Waals surface area contributed by atoms with Gasteiger partial charge in [-0.15, -0.1) is 11.3 Å². The normalized spacial score (nSPS) is 15.2. The summed E-state index contributed by atoms with van der Waals surface area (Å²) in [7, 11) is 0. The summed E-state index contributed by atoms with van der Waals surface area (Å²) in [4.78, 5) is 29.8. The molecule has 7 nitrogen and oxygen atoms in total. The van der Waals surface area contributed by atoms with Gasteiger partial charge in [0.25, 0.3) is 11.6 Å². The molecule has 0 unspecified atom stereocenters. The first-order valence-corrected chi connectivity index (χ1v) is 9.04. The summed E-state index contributed by atoms with van der Waals surface area (Å²) < 4.78 is 0. The number of aryl methyl sites for hydroxylation is 2. The summed E-state index contributed by atoms with van der Waals surface area (Å²) in [6.45, 7) is 5.21. The molecule has 1 aromatic heterocycles. The molecule has 1 aromatic carbocycles. The zero-order chi connectivity index (χ0) is 18.0. The summed E-state index contributed by atoms with van der Waals surface area (Å²) in [5.41, 5.74) is 4.25. The zero-order valence-corrected chi connectivity index (χ0v) is 15.0. The van der Waals surface area contributed by atoms with Crippen LogP contribution in [-0.4, -0.2) is 34.9 Å². The number of hydrogen-bond donors (Lipinski definition) is 1. The van der Waals surface area contributed by atoms with Crippen molar-refractivity contribution in [1.82, 2.24) is 10.3 Å². The van der Waals surface area contributed by atoms with E-state index in [0.29, 0.717) is 10.4 Å². The van der Waals surface area contributed by atoms with Gasteiger partial charge in [-0.1, -0.05) is 0 Å². The number of rotatable bonds is 4. The van der Waals surface area contributed by atoms with Crippen LogP contribution in [0, 0.1) is 24.0 Å². The maximum Gasteiger partial charge on any atom is 0.272 e. The zero-order valence-electron chi connectivity index (χ0n) is 14.2. The number of nitrogens with zero attached hydrogens (tertiary/aromatic N) is 3. The summed E-state index contributed by atoms with van der Waals surface area (Å²) in [5, 5.41) is 14.0. The van der Waals surface area contributed by atoms with Gasteiger partial charge in [0.05, 0.1) is 16.1 Å². The molecule has 8 heteroatoms. The first-order chi connectivity index (χ1) is 12.0. The van der Waals surface area contributed by atoms with Gasteiger partial charge in [-0.3, -0.25) is 14.9 Å². The smallest absolute Gasteiger partial charge is 0.272 e. The van der Waals surface area contributed by atoms with Gasteiger partial charge in [0.1, 0.15) is 4.88 Å². The number of aromatic nitrogens is 1. The van der Waals surface area contributed by atoms with Gasteiger partial charge in [0.2, 0.25) is 0 Å². The molecule has 0 radical (unpaired) electrons. The fraction of sp³-hybridized carbons (Fsp3) is 0.412. The predicted octanol–water partition coefficient (Wildman–Crippen LogP) is 3.07. The van der Waals surface area contributed by atoms with E-state index in [1.54, 1.807) is 24.6 Å². The van der Waals surface area contributed by atoms with E-state index in [4.69, 9.17) is 0 Å². The van der Waals surface area contributed by atoms with Gasteiger partial charge in [0.15, 0.2) is 0 Å². The Morgan fingerprint density at radius 1 is 1.36 bits per heavy atom. The summed E-state index contributed by atoms with van der Waals surface area (Å²) in [6, 6.07) is 5.36. The maximum absolute atomic E-state index is 12.3. The molecule has 1 amide bonds. The molecule has 0 saturated carbocycles. The highest BCUT2D eigenvalue weighted by Gasteiger charge is 2.23. The maximum atomic E-state index is 12.3. The van der Waals surface area contributed by atoms with Crippen LogP contribution in [0.15, 0.2) is 23.7 Å². The number of nitro groups is 1. The van der Waals surface area contributed by atoms with Crippen molar-refractivity contribution < 1.29 is 9.72 Å². The summed E-state index contributed by atoms with van der Waals surface area (Å²) in [6.07, 6.45) is 1.69. The number of nitro benzene ring substituents is 1. The van der Waals surface area contributed by atoms with E-state index in [9.17, 15) is 14.9 Å². The molecule has 25 heavy (non-hydrogen) atoms. The molecule has 2 heterocycles. The third-order valence-electron chi connectivity index (χ3n) is 4.52. The van der Waals surface area contributed by atoms with Crippen molar-refractivity contribution in [2.24, 2.45) is 0 Å². The number of benzene rings is 1. The van der Waals surface area contributed by atoms with Crippen LogP contribution in [0.4, 0.5) is 11.4 Å². The van der Waals surface area contributed by atoms with Crippen molar-refractivity contribution in [3.05, 3.63) is 50.0 Å². The number of amides is 1. The van der Waals surface area contributed by atoms with Gasteiger partial charge in [-0.2, -0.15) is 0 Å². The Morgan fingerprint density at radius 2 is 2.08 bits per heavy atom. The third kappa shape index (κ3) is 3.79. The monoisotopic (exact) mass is 360 g/mol. The van der Waals surface area contributed by atoms with E-state index in [0.717, 1.165) is 37.3 Å². The van der Waals surface area contributed by atoms with Crippen molar-refractivity contribution in [3.8, 4) is 0 Å². The van der Waals surface area contributed by atoms with Gasteiger partial charge in [-0.25, -0.2) is 4.98 Å². The third-order valence-corrected chi connectivity index (χ3v) is 5.45. The Labute approximate surface area is 149 Å². The predicted molar refractivity (Wildman–Crippen MR) is 97.4 cm³/mol. The van der Waals surface area contributed by atoms with Crippen molar-refractivity contribution >= 4 is 28.6 Å². The lowest BCUT2D eigenvalue weighted by Gasteiger charge is -2.34. The molecular weight excluding hydrogens is 340 g/mol. The number of nitrogens with one attached hydrogen (secondary N) is 1. The minimum Gasteiger partial charge on any atom is -0.371 e. The molecule has 0 spiro atoms. The Kier molecular flexibility index (Phi) is 4.98. The van der Waals surface area contributed by atoms with E-state index < -0.39 is 0 Å². The highest BCUT2D eigenvalue weighted by molar-refractivity contribution is 7.11. The lowest BCUT2D eigenvalue weighted by molar-refractivity contribution is -0.385. The molecule has 132 valence electrons. The number of hydrogen-bond acceptors (Lipinski definition) is 6. The van der Waals surface area contributed by atoms with Crippen molar-refractivity contribution in [3.63, 3.8) is 0 Å². The lowest BCUT2D eigenvalue weighted by Crippen LogP contribution is -2.44. The highest BCUT2D eigenvalue weighted by Crippen LogP contribution is 2.26. The number of piperidine rings is 1. The fourth-order valence-electron chi connectivity index (χ4n) is 3.09. The molecule has 0 aliphatic carbocycles. The number of carbonyl (C=O) groups is 1. The average Bonchev–Trinajstić information content (AvgIpc) is 3.01. The van der Waals surface area contributed by atoms with Crippen LogP contribution in [-0.2, 0) is 0 Å². The van der Waals surface area contributed by atoms with E-state index in [2.05, 4.69) is 15.2 Å². The average molecular weight is 360 g/mol. The Morgan fingerprint density at radius 3 is 2.64 bits per heavy atom. The number of carbonyl (C=O) groups excluding carboxylic acids is 1. The topological polar surface area (TPSA) is 88.4 Å². The molecule has 0 atom stereocenters. The molecule has 3 rings (SSSR count). The molecule has 1 fully saturated rings. The Hall–Kier alpha value is -2.48. The van der Waals surface area contributed by atoms with Crippen molar-refractivity contribution in [2.45, 2.75) is 32.7 Å². The molecule has 0 bridgehead atoms. The molecule has 1 aliphatic rings. The van der Waals surface area contributed by atoms with Crippen molar-refractivity contribution in [2.75, 3.05) is 18.0 Å². The minimum absolute atomic E-state index is 0.0513. The van der Waals surface area contributed by atoms with Crippen molar-refractivity contribution in [1.29, 1.82) is 0 Å². The fourth-order valence-corrected chi connectivity index (χ4v) is 3.80. The SMILES string of the molecule is Cc1cc(N2CCC(NC(=O)c3scnc3C)CC2)ccc1[N+](=O)[O-]. The van der Waals surface area contributed by atoms with E-state index >= 15 is 0 Å². The summed E-state index contributed by atoms with van der Waals surface area (Å²) >= 11 is 1.36. The van der Waals surface area contributed by atoms with Crippen LogP contribution in [0.25, 0.3) is 0 Å². The van der Waals surface area contributed by atoms with E-state index in [1.165, 1.54) is 11.3 Å². The second-order valence-electron chi connectivity index (χ2n) is 6.23. The van der Waals surface area contributed by atoms with Gasteiger partial charge in [0, 0.05) is 36.4 Å². The number of thiazole rings is 1. The van der Waals surface area contributed by atoms with Crippen LogP contribution >= 0.6 is 11.3 Å². The van der Waals surface area contributed by atoms with Crippen LogP contribution in [0.3, 0.4) is 0 Å². The second-order valence-corrected chi connectivity index (χ2v) is 7.08. The largest absolute Gasteiger partial charge is 0.371 e. The quantitative estimate of drug-likeness (QED) is 0.669. The summed E-state index contributed by atoms with van der Waals surface area (Å²) in [5.74, 6) is -0.0513. The molecular formula is C17H20N4O3S. The van der Waals surface area contributed by atoms with Crippen LogP contribution in [0.5, 0.6) is 0 Å². The van der Waals surface area contributed by atoms with Crippen LogP contribution < -0.4 is 10.2 Å². The molecule has 2 aromatic rings. The molecule has 1 saturated heterocycles. The van der Waals surface area contributed by atoms with Gasteiger partial charge < -0.3 is 10.2 Å². The molecule has 1 aliphatic heterocycles. The molecule has 1 N–H and O–H groups in total. The van der Waals surface area contributed by atoms with Crippen LogP contribution in [0.1, 0.15) is 33.8 Å². The minimum atomic E-state index is -0.359. The van der Waals surface area contributed by atoms with E-state index in [1.807, 2.05) is 13.0 Å². The number of anilines is 1. The Balaban J connectivity index is 1.59.